The molecule has 3 aromatic rings. The van der Waals surface area contributed by atoms with Crippen molar-refractivity contribution >= 4 is 46.6 Å². The Morgan fingerprint density at radius 2 is 1.65 bits per heavy atom. The lowest BCUT2D eigenvalue weighted by atomic mass is 9.82. The van der Waals surface area contributed by atoms with Crippen LogP contribution in [0, 0.1) is 19.3 Å². The van der Waals surface area contributed by atoms with Crippen LogP contribution in [0.5, 0.6) is 0 Å². The number of dihydropyridines is 1. The number of allylic oxidation sites excluding steroid dienone is 2. The van der Waals surface area contributed by atoms with Gasteiger partial charge in [0.15, 0.2) is 0 Å². The minimum Gasteiger partial charge on any atom is -0.353 e. The first-order valence-electron chi connectivity index (χ1n) is 11.7. The highest BCUT2D eigenvalue weighted by molar-refractivity contribution is 8.03. The monoisotopic (exact) mass is 527 g/mol. The lowest BCUT2D eigenvalue weighted by Crippen LogP contribution is -2.31. The Balaban J connectivity index is 1.61. The molecule has 0 fully saturated rings. The number of carbonyl (C=O) groups excluding carboxylic acids is 2. The highest BCUT2D eigenvalue weighted by atomic mass is 35.5. The molecule has 37 heavy (non-hydrogen) atoms. The Labute approximate surface area is 226 Å². The summed E-state index contributed by atoms with van der Waals surface area (Å²) < 4.78 is 0. The van der Waals surface area contributed by atoms with Gasteiger partial charge in [-0.3, -0.25) is 9.59 Å². The summed E-state index contributed by atoms with van der Waals surface area (Å²) in [6.07, 6.45) is 6.02. The van der Waals surface area contributed by atoms with E-state index in [1.807, 2.05) is 68.4 Å². The summed E-state index contributed by atoms with van der Waals surface area (Å²) in [6, 6.07) is 24.2. The van der Waals surface area contributed by atoms with Crippen LogP contribution in [-0.2, 0) is 9.59 Å². The predicted octanol–water partition coefficient (Wildman–Crippen LogP) is 6.46. The zero-order valence-corrected chi connectivity index (χ0v) is 22.0. The van der Waals surface area contributed by atoms with Crippen molar-refractivity contribution in [2.24, 2.45) is 0 Å². The third kappa shape index (κ3) is 6.26. The van der Waals surface area contributed by atoms with Gasteiger partial charge in [0.1, 0.15) is 0 Å². The van der Waals surface area contributed by atoms with E-state index in [2.05, 4.69) is 21.9 Å². The Morgan fingerprint density at radius 3 is 2.32 bits per heavy atom. The normalized spacial score (nSPS) is 15.0. The Kier molecular flexibility index (Phi) is 8.39. The van der Waals surface area contributed by atoms with Gasteiger partial charge in [-0.15, -0.1) is 6.42 Å². The molecule has 5 nitrogen and oxygen atoms in total. The molecule has 2 amide bonds. The molecular weight excluding hydrogens is 502 g/mol. The van der Waals surface area contributed by atoms with Crippen molar-refractivity contribution in [2.75, 3.05) is 16.4 Å². The van der Waals surface area contributed by atoms with Crippen LogP contribution in [0.2, 0.25) is 5.02 Å². The molecule has 1 atom stereocenters. The summed E-state index contributed by atoms with van der Waals surface area (Å²) in [5, 5.41) is 10.5. The molecule has 1 heterocycles. The Hall–Kier alpha value is -3.92. The lowest BCUT2D eigenvalue weighted by Gasteiger charge is -2.30. The molecule has 0 aliphatic carbocycles. The van der Waals surface area contributed by atoms with E-state index in [9.17, 15) is 9.59 Å². The number of nitrogens with one attached hydrogen (secondary N) is 3. The zero-order valence-electron chi connectivity index (χ0n) is 20.5. The molecule has 0 aromatic heterocycles. The first-order valence-corrected chi connectivity index (χ1v) is 13.0. The SMILES string of the molecule is C#CC1=C(SCC(=O)Nc2ccccc2C)NC(C)=C(C(=O)Nc2ccc(Cl)cc2)C1c1ccccc1. The molecule has 186 valence electrons. The molecule has 3 N–H and O–H groups in total. The maximum Gasteiger partial charge on any atom is 0.254 e. The van der Waals surface area contributed by atoms with Crippen molar-refractivity contribution in [1.82, 2.24) is 5.32 Å². The van der Waals surface area contributed by atoms with Gasteiger partial charge in [-0.25, -0.2) is 0 Å². The van der Waals surface area contributed by atoms with E-state index in [0.717, 1.165) is 16.8 Å². The van der Waals surface area contributed by atoms with Crippen LogP contribution in [0.25, 0.3) is 0 Å². The fraction of sp³-hybridized carbons (Fsp3) is 0.133. The molecule has 4 rings (SSSR count). The predicted molar refractivity (Wildman–Crippen MR) is 153 cm³/mol. The number of thioether (sulfide) groups is 1. The zero-order chi connectivity index (χ0) is 26.4. The maximum absolute atomic E-state index is 13.5. The van der Waals surface area contributed by atoms with E-state index in [1.54, 1.807) is 24.3 Å². The van der Waals surface area contributed by atoms with Crippen LogP contribution in [0.1, 0.15) is 24.0 Å². The van der Waals surface area contributed by atoms with Crippen molar-refractivity contribution in [3.05, 3.63) is 117 Å². The number of terminal acetylenes is 1. The van der Waals surface area contributed by atoms with E-state index >= 15 is 0 Å². The molecule has 0 saturated carbocycles. The second-order valence-electron chi connectivity index (χ2n) is 8.51. The average molecular weight is 528 g/mol. The molecule has 0 radical (unpaired) electrons. The van der Waals surface area contributed by atoms with Gasteiger partial charge in [-0.1, -0.05) is 77.8 Å². The third-order valence-corrected chi connectivity index (χ3v) is 7.20. The number of aryl methyl sites for hydroxylation is 1. The topological polar surface area (TPSA) is 70.2 Å². The summed E-state index contributed by atoms with van der Waals surface area (Å²) in [5.74, 6) is 2.07. The van der Waals surface area contributed by atoms with Crippen molar-refractivity contribution in [2.45, 2.75) is 19.8 Å². The van der Waals surface area contributed by atoms with Gasteiger partial charge in [0, 0.05) is 33.2 Å². The van der Waals surface area contributed by atoms with Crippen LogP contribution in [-0.4, -0.2) is 17.6 Å². The van der Waals surface area contributed by atoms with Crippen LogP contribution >= 0.6 is 23.4 Å². The molecule has 7 heteroatoms. The summed E-state index contributed by atoms with van der Waals surface area (Å²) in [5.41, 5.74) is 5.06. The minimum atomic E-state index is -0.471. The van der Waals surface area contributed by atoms with Gasteiger partial charge in [0.25, 0.3) is 5.91 Å². The van der Waals surface area contributed by atoms with Gasteiger partial charge >= 0.3 is 0 Å². The van der Waals surface area contributed by atoms with Crippen molar-refractivity contribution in [1.29, 1.82) is 0 Å². The second kappa shape index (κ2) is 11.9. The summed E-state index contributed by atoms with van der Waals surface area (Å²) >= 11 is 7.31. The van der Waals surface area contributed by atoms with Gasteiger partial charge in [-0.05, 0) is 55.3 Å². The highest BCUT2D eigenvalue weighted by Crippen LogP contribution is 2.41. The van der Waals surface area contributed by atoms with Gasteiger partial charge in [-0.2, -0.15) is 0 Å². The standard InChI is InChI=1S/C30H26ClN3O2S/c1-4-24-28(21-11-6-5-7-12-21)27(29(36)33-23-16-14-22(31)15-17-23)20(3)32-30(24)37-18-26(35)34-25-13-9-8-10-19(25)2/h1,5-17,28,32H,18H2,2-3H3,(H,33,36)(H,34,35). The molecule has 1 aliphatic heterocycles. The van der Waals surface area contributed by atoms with Crippen LogP contribution in [0.15, 0.2) is 101 Å². The van der Waals surface area contributed by atoms with E-state index in [0.29, 0.717) is 32.6 Å². The van der Waals surface area contributed by atoms with Crippen LogP contribution in [0.3, 0.4) is 0 Å². The molecule has 1 aliphatic rings. The Bertz CT molecular complexity index is 1420. The van der Waals surface area contributed by atoms with Gasteiger partial charge in [0.05, 0.1) is 16.7 Å². The molecule has 0 bridgehead atoms. The van der Waals surface area contributed by atoms with E-state index in [-0.39, 0.29) is 17.6 Å². The smallest absolute Gasteiger partial charge is 0.254 e. The third-order valence-electron chi connectivity index (χ3n) is 5.93. The van der Waals surface area contributed by atoms with Crippen molar-refractivity contribution < 1.29 is 9.59 Å². The van der Waals surface area contributed by atoms with Gasteiger partial charge in [0.2, 0.25) is 5.91 Å². The first kappa shape index (κ1) is 26.2. The number of halogens is 1. The Morgan fingerprint density at radius 1 is 0.973 bits per heavy atom. The second-order valence-corrected chi connectivity index (χ2v) is 9.93. The number of carbonyl (C=O) groups is 2. The number of hydrogen-bond acceptors (Lipinski definition) is 4. The van der Waals surface area contributed by atoms with Crippen LogP contribution < -0.4 is 16.0 Å². The van der Waals surface area contributed by atoms with E-state index in [1.165, 1.54) is 11.8 Å². The van der Waals surface area contributed by atoms with E-state index < -0.39 is 5.92 Å². The number of para-hydroxylation sites is 1. The fourth-order valence-corrected chi connectivity index (χ4v) is 5.14. The molecule has 0 spiro atoms. The summed E-state index contributed by atoms with van der Waals surface area (Å²) in [6.45, 7) is 3.79. The highest BCUT2D eigenvalue weighted by Gasteiger charge is 2.34. The van der Waals surface area contributed by atoms with Crippen LogP contribution in [0.4, 0.5) is 11.4 Å². The van der Waals surface area contributed by atoms with Crippen molar-refractivity contribution in [3.8, 4) is 12.3 Å². The number of hydrogen-bond donors (Lipinski definition) is 3. The quantitative estimate of drug-likeness (QED) is 0.308. The largest absolute Gasteiger partial charge is 0.353 e. The molecule has 3 aromatic carbocycles. The molecule has 0 saturated heterocycles. The van der Waals surface area contributed by atoms with E-state index in [4.69, 9.17) is 18.0 Å². The fourth-order valence-electron chi connectivity index (χ4n) is 4.11. The van der Waals surface area contributed by atoms with Gasteiger partial charge < -0.3 is 16.0 Å². The number of rotatable bonds is 7. The molecule has 1 unspecified atom stereocenters. The minimum absolute atomic E-state index is 0.144. The number of amides is 2. The molecular formula is C30H26ClN3O2S. The summed E-state index contributed by atoms with van der Waals surface area (Å²) in [7, 11) is 0. The maximum atomic E-state index is 13.5. The average Bonchev–Trinajstić information content (AvgIpc) is 2.90. The number of benzene rings is 3. The summed E-state index contributed by atoms with van der Waals surface area (Å²) in [4.78, 5) is 26.2. The lowest BCUT2D eigenvalue weighted by molar-refractivity contribution is -0.114. The first-order chi connectivity index (χ1) is 17.9. The number of anilines is 2. The van der Waals surface area contributed by atoms with Crippen molar-refractivity contribution in [3.63, 3.8) is 0 Å².